The van der Waals surface area contributed by atoms with Crippen LogP contribution in [0.15, 0.2) is 77.8 Å². The zero-order valence-corrected chi connectivity index (χ0v) is 25.2. The Balaban J connectivity index is 0.00000141. The molecule has 1 aliphatic heterocycles. The molecule has 44 heavy (non-hydrogen) atoms. The molecule has 236 valence electrons. The fourth-order valence-electron chi connectivity index (χ4n) is 5.09. The lowest BCUT2D eigenvalue weighted by atomic mass is 10.0. The number of nitrogens with zero attached hydrogens (tertiary/aromatic N) is 3. The van der Waals surface area contributed by atoms with Gasteiger partial charge < -0.3 is 20.1 Å². The van der Waals surface area contributed by atoms with E-state index in [-0.39, 0.29) is 17.1 Å². The van der Waals surface area contributed by atoms with E-state index in [1.807, 2.05) is 35.0 Å². The lowest BCUT2D eigenvalue weighted by molar-refractivity contribution is -0.274. The van der Waals surface area contributed by atoms with Gasteiger partial charge in [0.1, 0.15) is 5.75 Å². The highest BCUT2D eigenvalue weighted by atomic mass is 35.5. The van der Waals surface area contributed by atoms with Crippen LogP contribution in [0, 0.1) is 0 Å². The van der Waals surface area contributed by atoms with E-state index in [9.17, 15) is 21.6 Å². The molecule has 0 spiro atoms. The van der Waals surface area contributed by atoms with Crippen molar-refractivity contribution in [1.82, 2.24) is 13.8 Å². The summed E-state index contributed by atoms with van der Waals surface area (Å²) in [6.07, 6.45) is -2.20. The molecule has 0 unspecified atom stereocenters. The van der Waals surface area contributed by atoms with Gasteiger partial charge in [0.2, 0.25) is 10.0 Å². The van der Waals surface area contributed by atoms with Crippen molar-refractivity contribution in [2.75, 3.05) is 32.7 Å². The van der Waals surface area contributed by atoms with Gasteiger partial charge in [-0.3, -0.25) is 9.69 Å². The summed E-state index contributed by atoms with van der Waals surface area (Å²) in [5.41, 5.74) is 8.87. The number of alkyl halides is 3. The van der Waals surface area contributed by atoms with E-state index in [4.69, 9.17) is 27.2 Å². The van der Waals surface area contributed by atoms with E-state index in [2.05, 4.69) is 9.64 Å². The summed E-state index contributed by atoms with van der Waals surface area (Å²) in [5.74, 6) is -0.329. The monoisotopic (exact) mass is 652 g/mol. The maximum atomic E-state index is 13.7. The molecule has 3 N–H and O–H groups in total. The van der Waals surface area contributed by atoms with Crippen LogP contribution in [0.4, 0.5) is 13.2 Å². The highest BCUT2D eigenvalue weighted by Gasteiger charge is 2.31. The second-order valence-corrected chi connectivity index (χ2v) is 12.4. The molecular weight excluding hydrogens is 621 g/mol. The molecule has 0 atom stereocenters. The van der Waals surface area contributed by atoms with E-state index in [0.29, 0.717) is 73.8 Å². The minimum atomic E-state index is -4.79. The molecule has 0 aliphatic carbocycles. The minimum Gasteiger partial charge on any atom is -0.483 e. The molecule has 1 aliphatic rings. The Hall–Kier alpha value is -3.62. The topological polar surface area (TPSA) is 118 Å². The van der Waals surface area contributed by atoms with Crippen LogP contribution in [0.25, 0.3) is 22.0 Å². The van der Waals surface area contributed by atoms with E-state index in [0.717, 1.165) is 11.1 Å². The van der Waals surface area contributed by atoms with Gasteiger partial charge in [-0.2, -0.15) is 4.31 Å². The Morgan fingerprint density at radius 1 is 1.00 bits per heavy atom. The highest BCUT2D eigenvalue weighted by Crippen LogP contribution is 2.35. The van der Waals surface area contributed by atoms with Gasteiger partial charge in [0.25, 0.3) is 6.47 Å². The van der Waals surface area contributed by atoms with Crippen molar-refractivity contribution < 1.29 is 36.2 Å². The van der Waals surface area contributed by atoms with Crippen molar-refractivity contribution in [2.24, 2.45) is 5.73 Å². The number of nitrogens with two attached hydrogens (primary N) is 1. The molecule has 4 aromatic rings. The highest BCUT2D eigenvalue weighted by molar-refractivity contribution is 7.89. The number of hydrogen-bond acceptors (Lipinski definition) is 6. The SMILES string of the molecule is NCCCn1cc(-c2ccc(OC(F)(F)F)cc2)c2cc(S(=O)(=O)N3CCN(Cc4ccccc4Cl)CC3)ccc21.O=CO. The number of aryl methyl sites for hydroxylation is 1. The number of rotatable bonds is 9. The quantitative estimate of drug-likeness (QED) is 0.232. The van der Waals surface area contributed by atoms with Crippen molar-refractivity contribution in [3.63, 3.8) is 0 Å². The Morgan fingerprint density at radius 3 is 2.27 bits per heavy atom. The maximum absolute atomic E-state index is 13.7. The molecule has 2 heterocycles. The van der Waals surface area contributed by atoms with Gasteiger partial charge in [-0.15, -0.1) is 13.2 Å². The molecule has 0 radical (unpaired) electrons. The third-order valence-electron chi connectivity index (χ3n) is 7.18. The van der Waals surface area contributed by atoms with Gasteiger partial charge in [-0.1, -0.05) is 41.9 Å². The van der Waals surface area contributed by atoms with Crippen molar-refractivity contribution in [2.45, 2.75) is 30.8 Å². The normalized spacial score (nSPS) is 14.7. The first kappa shape index (κ1) is 33.3. The third kappa shape index (κ3) is 8.10. The largest absolute Gasteiger partial charge is 0.573 e. The van der Waals surface area contributed by atoms with Crippen molar-refractivity contribution in [1.29, 1.82) is 0 Å². The second-order valence-electron chi connectivity index (χ2n) is 10.0. The van der Waals surface area contributed by atoms with Gasteiger partial charge in [-0.05, 0) is 60.5 Å². The van der Waals surface area contributed by atoms with E-state index in [1.54, 1.807) is 18.2 Å². The molecule has 0 saturated carbocycles. The maximum Gasteiger partial charge on any atom is 0.573 e. The van der Waals surface area contributed by atoms with E-state index < -0.39 is 16.4 Å². The number of carbonyl (C=O) groups is 1. The third-order valence-corrected chi connectivity index (χ3v) is 9.44. The number of piperazine rings is 1. The fourth-order valence-corrected chi connectivity index (χ4v) is 6.74. The molecule has 1 aromatic heterocycles. The summed E-state index contributed by atoms with van der Waals surface area (Å²) in [6, 6.07) is 18.2. The Morgan fingerprint density at radius 2 is 1.66 bits per heavy atom. The zero-order valence-electron chi connectivity index (χ0n) is 23.6. The summed E-state index contributed by atoms with van der Waals surface area (Å²) >= 11 is 6.30. The first-order chi connectivity index (χ1) is 21.0. The molecule has 9 nitrogen and oxygen atoms in total. The molecular formula is C30H32ClF3N4O5S. The lowest BCUT2D eigenvalue weighted by Gasteiger charge is -2.34. The predicted octanol–water partition coefficient (Wildman–Crippen LogP) is 5.42. The number of hydrogen-bond donors (Lipinski definition) is 2. The van der Waals surface area contributed by atoms with Crippen molar-refractivity contribution in [3.8, 4) is 16.9 Å². The summed E-state index contributed by atoms with van der Waals surface area (Å²) in [5, 5.41) is 8.26. The van der Waals surface area contributed by atoms with Gasteiger partial charge in [0, 0.05) is 67.0 Å². The molecule has 0 amide bonds. The van der Waals surface area contributed by atoms with Crippen LogP contribution in [0.5, 0.6) is 5.75 Å². The fraction of sp³-hybridized carbons (Fsp3) is 0.300. The molecule has 1 saturated heterocycles. The van der Waals surface area contributed by atoms with Crippen LogP contribution in [-0.4, -0.2) is 72.9 Å². The molecule has 5 rings (SSSR count). The number of fused-ring (bicyclic) bond motifs is 1. The van der Waals surface area contributed by atoms with Gasteiger partial charge in [0.15, 0.2) is 0 Å². The van der Waals surface area contributed by atoms with Crippen molar-refractivity contribution in [3.05, 3.63) is 83.5 Å². The van der Waals surface area contributed by atoms with Crippen LogP contribution in [-0.2, 0) is 27.9 Å². The number of benzene rings is 3. The van der Waals surface area contributed by atoms with E-state index in [1.165, 1.54) is 28.6 Å². The average molecular weight is 653 g/mol. The summed E-state index contributed by atoms with van der Waals surface area (Å²) in [6.45, 7) is 3.31. The first-order valence-corrected chi connectivity index (χ1v) is 15.5. The predicted molar refractivity (Wildman–Crippen MR) is 162 cm³/mol. The van der Waals surface area contributed by atoms with Gasteiger partial charge in [-0.25, -0.2) is 8.42 Å². The Labute approximate surface area is 258 Å². The zero-order chi connectivity index (χ0) is 31.9. The molecule has 3 aromatic carbocycles. The smallest absolute Gasteiger partial charge is 0.483 e. The standard InChI is InChI=1S/C29H30ClF3N4O3S.CH2O2/c30-27-5-2-1-4-22(27)19-35-14-16-37(17-15-35)41(38,39)24-10-11-28-25(18-24)26(20-36(28)13-3-12-34)21-6-8-23(9-7-21)40-29(31,32)33;2-1-3/h1-2,4-11,18,20H,3,12-17,19,34H2;1H,(H,2,3). The second kappa shape index (κ2) is 14.4. The van der Waals surface area contributed by atoms with Crippen LogP contribution < -0.4 is 10.5 Å². The summed E-state index contributed by atoms with van der Waals surface area (Å²) in [7, 11) is -3.79. The van der Waals surface area contributed by atoms with Gasteiger partial charge >= 0.3 is 6.36 Å². The van der Waals surface area contributed by atoms with E-state index >= 15 is 0 Å². The minimum absolute atomic E-state index is 0.166. The summed E-state index contributed by atoms with van der Waals surface area (Å²) in [4.78, 5) is 10.7. The number of ether oxygens (including phenoxy) is 1. The molecule has 0 bridgehead atoms. The Bertz CT molecular complexity index is 1670. The summed E-state index contributed by atoms with van der Waals surface area (Å²) < 4.78 is 72.8. The average Bonchev–Trinajstić information content (AvgIpc) is 3.35. The van der Waals surface area contributed by atoms with Crippen LogP contribution in [0.1, 0.15) is 12.0 Å². The van der Waals surface area contributed by atoms with Crippen LogP contribution >= 0.6 is 11.6 Å². The lowest BCUT2D eigenvalue weighted by Crippen LogP contribution is -2.48. The number of sulfonamides is 1. The van der Waals surface area contributed by atoms with Crippen molar-refractivity contribution >= 4 is 39.0 Å². The number of carboxylic acid groups (broad SMARTS) is 1. The van der Waals surface area contributed by atoms with Crippen LogP contribution in [0.3, 0.4) is 0 Å². The number of aromatic nitrogens is 1. The molecule has 1 fully saturated rings. The van der Waals surface area contributed by atoms with Gasteiger partial charge in [0.05, 0.1) is 4.90 Å². The molecule has 14 heteroatoms. The Kier molecular flexibility index (Phi) is 10.9. The first-order valence-electron chi connectivity index (χ1n) is 13.7. The van der Waals surface area contributed by atoms with Crippen LogP contribution in [0.2, 0.25) is 5.02 Å². The number of halogens is 4.